The van der Waals surface area contributed by atoms with Gasteiger partial charge in [-0.2, -0.15) is 0 Å². The van der Waals surface area contributed by atoms with Crippen LogP contribution in [0.5, 0.6) is 11.5 Å². The molecule has 2 N–H and O–H groups in total. The van der Waals surface area contributed by atoms with Crippen molar-refractivity contribution < 1.29 is 14.6 Å². The van der Waals surface area contributed by atoms with E-state index in [0.29, 0.717) is 11.5 Å². The largest absolute Gasteiger partial charge is 0.508 e. The van der Waals surface area contributed by atoms with E-state index in [1.54, 1.807) is 24.3 Å². The summed E-state index contributed by atoms with van der Waals surface area (Å²) in [6, 6.07) is 18.2. The van der Waals surface area contributed by atoms with Crippen molar-refractivity contribution in [3.05, 3.63) is 59.7 Å². The zero-order valence-corrected chi connectivity index (χ0v) is 19.5. The summed E-state index contributed by atoms with van der Waals surface area (Å²) in [5.74, 6) is 0.630. The molecule has 0 bridgehead atoms. The van der Waals surface area contributed by atoms with Crippen LogP contribution in [-0.4, -0.2) is 32.2 Å². The zero-order valence-electron chi connectivity index (χ0n) is 17.5. The molecule has 0 fully saturated rings. The standard InChI is InChI=1S/C22H34O3Si2/c1-22(2,17-26(3,4)15-18-7-11-20(23)12-8-18)25-27(5,6)16-19-9-13-21(24)14-10-19/h7-14,23-24H,15-17H2,1-6H3. The molecule has 0 atom stereocenters. The summed E-state index contributed by atoms with van der Waals surface area (Å²) >= 11 is 0. The Balaban J connectivity index is 2.00. The number of hydrogen-bond donors (Lipinski definition) is 2. The third-order valence-electron chi connectivity index (χ3n) is 4.64. The molecule has 2 aromatic rings. The average Bonchev–Trinajstić information content (AvgIpc) is 2.49. The Bertz CT molecular complexity index is 672. The monoisotopic (exact) mass is 402 g/mol. The van der Waals surface area contributed by atoms with Gasteiger partial charge in [0.2, 0.25) is 0 Å². The lowest BCUT2D eigenvalue weighted by molar-refractivity contribution is 0.118. The van der Waals surface area contributed by atoms with Crippen LogP contribution < -0.4 is 0 Å². The lowest BCUT2D eigenvalue weighted by atomic mass is 10.2. The number of benzene rings is 2. The molecule has 0 saturated carbocycles. The highest BCUT2D eigenvalue weighted by molar-refractivity contribution is 6.77. The second-order valence-electron chi connectivity index (χ2n) is 9.65. The van der Waals surface area contributed by atoms with Crippen molar-refractivity contribution in [2.24, 2.45) is 0 Å². The molecule has 148 valence electrons. The Morgan fingerprint density at radius 2 is 1.15 bits per heavy atom. The second kappa shape index (κ2) is 8.21. The van der Waals surface area contributed by atoms with E-state index in [1.807, 2.05) is 24.3 Å². The first kappa shape index (κ1) is 21.7. The molecule has 0 aliphatic carbocycles. The highest BCUT2D eigenvalue weighted by atomic mass is 28.4. The molecule has 0 saturated heterocycles. The highest BCUT2D eigenvalue weighted by Gasteiger charge is 2.36. The molecule has 0 aliphatic rings. The number of hydrogen-bond acceptors (Lipinski definition) is 3. The molecule has 0 heterocycles. The minimum atomic E-state index is -1.89. The van der Waals surface area contributed by atoms with Gasteiger partial charge in [-0.25, -0.2) is 0 Å². The second-order valence-corrected chi connectivity index (χ2v) is 18.8. The predicted octanol–water partition coefficient (Wildman–Crippen LogP) is 5.67. The van der Waals surface area contributed by atoms with E-state index in [9.17, 15) is 10.2 Å². The summed E-state index contributed by atoms with van der Waals surface area (Å²) in [6.45, 7) is 13.8. The van der Waals surface area contributed by atoms with Crippen LogP contribution in [0, 0.1) is 0 Å². The van der Waals surface area contributed by atoms with Gasteiger partial charge in [0.25, 0.3) is 0 Å². The Morgan fingerprint density at radius 3 is 1.59 bits per heavy atom. The molecule has 0 spiro atoms. The number of rotatable bonds is 8. The van der Waals surface area contributed by atoms with Crippen molar-refractivity contribution in [1.29, 1.82) is 0 Å². The van der Waals surface area contributed by atoms with E-state index >= 15 is 0 Å². The SMILES string of the molecule is CC(C)(C[Si](C)(C)Cc1ccc(O)cc1)O[Si](C)(C)Cc1ccc(O)cc1. The van der Waals surface area contributed by atoms with E-state index in [2.05, 4.69) is 40.0 Å². The molecule has 0 radical (unpaired) electrons. The minimum Gasteiger partial charge on any atom is -0.508 e. The Labute approximate surface area is 166 Å². The van der Waals surface area contributed by atoms with Gasteiger partial charge >= 0.3 is 0 Å². The lowest BCUT2D eigenvalue weighted by Gasteiger charge is -2.40. The van der Waals surface area contributed by atoms with Crippen LogP contribution in [-0.2, 0) is 16.5 Å². The van der Waals surface area contributed by atoms with Crippen molar-refractivity contribution in [3.8, 4) is 11.5 Å². The molecule has 0 aromatic heterocycles. The topological polar surface area (TPSA) is 49.7 Å². The van der Waals surface area contributed by atoms with E-state index < -0.39 is 16.4 Å². The molecule has 0 aliphatic heterocycles. The maximum atomic E-state index is 9.49. The molecular formula is C22H34O3Si2. The quantitative estimate of drug-likeness (QED) is 0.559. The van der Waals surface area contributed by atoms with Gasteiger partial charge in [-0.1, -0.05) is 42.9 Å². The maximum Gasteiger partial charge on any atom is 0.191 e. The van der Waals surface area contributed by atoms with E-state index in [0.717, 1.165) is 18.1 Å². The summed E-state index contributed by atoms with van der Waals surface area (Å²) in [6.07, 6.45) is 0. The number of aromatic hydroxyl groups is 2. The fourth-order valence-electron chi connectivity index (χ4n) is 4.31. The van der Waals surface area contributed by atoms with Gasteiger partial charge in [0.15, 0.2) is 8.32 Å². The molecule has 2 aromatic carbocycles. The summed E-state index contributed by atoms with van der Waals surface area (Å²) < 4.78 is 6.72. The summed E-state index contributed by atoms with van der Waals surface area (Å²) in [4.78, 5) is 0. The molecule has 3 nitrogen and oxygen atoms in total. The van der Waals surface area contributed by atoms with Gasteiger partial charge in [-0.15, -0.1) is 0 Å². The highest BCUT2D eigenvalue weighted by Crippen LogP contribution is 2.31. The van der Waals surface area contributed by atoms with E-state index in [4.69, 9.17) is 4.43 Å². The van der Waals surface area contributed by atoms with Crippen molar-refractivity contribution in [1.82, 2.24) is 0 Å². The average molecular weight is 403 g/mol. The third-order valence-corrected chi connectivity index (χ3v) is 10.2. The Morgan fingerprint density at radius 1 is 0.741 bits per heavy atom. The summed E-state index contributed by atoms with van der Waals surface area (Å²) in [5, 5.41) is 19.0. The number of phenolic OH excluding ortho intramolecular Hbond substituents is 2. The normalized spacial score (nSPS) is 13.0. The van der Waals surface area contributed by atoms with Crippen molar-refractivity contribution in [2.45, 2.75) is 63.8 Å². The third kappa shape index (κ3) is 7.52. The zero-order chi connectivity index (χ0) is 20.3. The van der Waals surface area contributed by atoms with Gasteiger partial charge in [-0.3, -0.25) is 0 Å². The van der Waals surface area contributed by atoms with E-state index in [-0.39, 0.29) is 5.60 Å². The first-order valence-electron chi connectivity index (χ1n) is 9.62. The Kier molecular flexibility index (Phi) is 6.61. The van der Waals surface area contributed by atoms with Crippen molar-refractivity contribution in [3.63, 3.8) is 0 Å². The first-order valence-corrected chi connectivity index (χ1v) is 16.1. The minimum absolute atomic E-state index is 0.153. The van der Waals surface area contributed by atoms with Gasteiger partial charge in [0.05, 0.1) is 8.07 Å². The summed E-state index contributed by atoms with van der Waals surface area (Å²) in [5.41, 5.74) is 2.36. The van der Waals surface area contributed by atoms with Crippen molar-refractivity contribution in [2.75, 3.05) is 0 Å². The van der Waals surface area contributed by atoms with Crippen LogP contribution in [0.3, 0.4) is 0 Å². The van der Waals surface area contributed by atoms with Crippen LogP contribution in [0.15, 0.2) is 48.5 Å². The number of phenols is 2. The fourth-order valence-corrected chi connectivity index (χ4v) is 11.2. The predicted molar refractivity (Wildman–Crippen MR) is 119 cm³/mol. The van der Waals surface area contributed by atoms with Gasteiger partial charge in [0.1, 0.15) is 11.5 Å². The van der Waals surface area contributed by atoms with Crippen LogP contribution >= 0.6 is 0 Å². The van der Waals surface area contributed by atoms with Crippen LogP contribution in [0.2, 0.25) is 32.2 Å². The lowest BCUT2D eigenvalue weighted by Crippen LogP contribution is -2.47. The summed E-state index contributed by atoms with van der Waals surface area (Å²) in [7, 11) is -3.40. The molecular weight excluding hydrogens is 368 g/mol. The molecule has 27 heavy (non-hydrogen) atoms. The molecule has 0 amide bonds. The van der Waals surface area contributed by atoms with Gasteiger partial charge in [0, 0.05) is 5.60 Å². The van der Waals surface area contributed by atoms with Gasteiger partial charge in [-0.05, 0) is 74.9 Å². The molecule has 2 rings (SSSR count). The fraction of sp³-hybridized carbons (Fsp3) is 0.455. The Hall–Kier alpha value is -1.57. The van der Waals surface area contributed by atoms with Crippen LogP contribution in [0.4, 0.5) is 0 Å². The van der Waals surface area contributed by atoms with Gasteiger partial charge < -0.3 is 14.6 Å². The van der Waals surface area contributed by atoms with E-state index in [1.165, 1.54) is 11.1 Å². The van der Waals surface area contributed by atoms with Crippen LogP contribution in [0.1, 0.15) is 25.0 Å². The smallest absolute Gasteiger partial charge is 0.191 e. The molecule has 0 unspecified atom stereocenters. The maximum absolute atomic E-state index is 9.49. The first-order chi connectivity index (χ1) is 12.4. The van der Waals surface area contributed by atoms with Crippen molar-refractivity contribution >= 4 is 16.4 Å². The molecule has 5 heteroatoms. The van der Waals surface area contributed by atoms with Crippen LogP contribution in [0.25, 0.3) is 0 Å².